The van der Waals surface area contributed by atoms with Gasteiger partial charge in [-0.2, -0.15) is 18.3 Å². The third-order valence-corrected chi connectivity index (χ3v) is 5.36. The first kappa shape index (κ1) is 22.0. The number of aromatic hydroxyl groups is 1. The molecule has 0 amide bonds. The number of carboxylic acid groups (broad SMARTS) is 1. The lowest BCUT2D eigenvalue weighted by atomic mass is 9.92. The molecule has 2 heterocycles. The zero-order valence-corrected chi connectivity index (χ0v) is 16.6. The second kappa shape index (κ2) is 8.99. The fourth-order valence-electron chi connectivity index (χ4n) is 3.89. The van der Waals surface area contributed by atoms with Gasteiger partial charge in [-0.05, 0) is 68.5 Å². The molecule has 30 heavy (non-hydrogen) atoms. The lowest BCUT2D eigenvalue weighted by Gasteiger charge is -2.32. The highest BCUT2D eigenvalue weighted by molar-refractivity contribution is 5.69. The number of piperidine rings is 1. The summed E-state index contributed by atoms with van der Waals surface area (Å²) in [5.41, 5.74) is 1.12. The highest BCUT2D eigenvalue weighted by atomic mass is 19.4. The molecule has 2 N–H and O–H groups in total. The summed E-state index contributed by atoms with van der Waals surface area (Å²) in [6.07, 6.45) is -1.70. The van der Waals surface area contributed by atoms with Crippen molar-refractivity contribution >= 4 is 5.97 Å². The van der Waals surface area contributed by atoms with Crippen LogP contribution in [-0.2, 0) is 17.4 Å². The standard InChI is InChI=1S/C21H24F3N3O3/c1-13-9-16(10-14-3-2-7-27(12-14)8-6-19(29)30)25-26-20(13)17-5-4-15(11-18(17)28)21(22,23)24/h4-5,9,11,14,28H,2-3,6-8,10,12H2,1H3,(H,29,30)/t14-/m0/s1. The van der Waals surface area contributed by atoms with Crippen LogP contribution in [0.4, 0.5) is 13.2 Å². The summed E-state index contributed by atoms with van der Waals surface area (Å²) in [5, 5.41) is 27.3. The summed E-state index contributed by atoms with van der Waals surface area (Å²) in [6, 6.07) is 4.65. The van der Waals surface area contributed by atoms with Crippen molar-refractivity contribution in [3.05, 3.63) is 41.1 Å². The number of alkyl halides is 3. The zero-order valence-electron chi connectivity index (χ0n) is 16.6. The van der Waals surface area contributed by atoms with Crippen LogP contribution < -0.4 is 0 Å². The Hall–Kier alpha value is -2.68. The Kier molecular flexibility index (Phi) is 6.60. The number of aryl methyl sites for hydroxylation is 1. The van der Waals surface area contributed by atoms with Gasteiger partial charge in [0.05, 0.1) is 23.4 Å². The van der Waals surface area contributed by atoms with Crippen molar-refractivity contribution in [1.29, 1.82) is 0 Å². The molecule has 1 saturated heterocycles. The third kappa shape index (κ3) is 5.47. The molecule has 0 bridgehead atoms. The predicted molar refractivity (Wildman–Crippen MR) is 104 cm³/mol. The quantitative estimate of drug-likeness (QED) is 0.733. The number of phenols is 1. The highest BCUT2D eigenvalue weighted by Crippen LogP contribution is 2.36. The van der Waals surface area contributed by atoms with Gasteiger partial charge in [0.15, 0.2) is 0 Å². The van der Waals surface area contributed by atoms with Crippen LogP contribution in [0.5, 0.6) is 5.75 Å². The number of aliphatic carboxylic acids is 1. The topological polar surface area (TPSA) is 86.6 Å². The number of aromatic nitrogens is 2. The number of rotatable bonds is 6. The molecule has 1 aliphatic heterocycles. The van der Waals surface area contributed by atoms with E-state index >= 15 is 0 Å². The number of hydrogen-bond donors (Lipinski definition) is 2. The summed E-state index contributed by atoms with van der Waals surface area (Å²) < 4.78 is 38.4. The Morgan fingerprint density at radius 1 is 1.27 bits per heavy atom. The summed E-state index contributed by atoms with van der Waals surface area (Å²) in [5.74, 6) is -0.955. The SMILES string of the molecule is Cc1cc(C[C@@H]2CCCN(CCC(=O)O)C2)nnc1-c1ccc(C(F)(F)F)cc1O. The van der Waals surface area contributed by atoms with E-state index in [-0.39, 0.29) is 12.0 Å². The molecular formula is C21H24F3N3O3. The molecular weight excluding hydrogens is 399 g/mol. The monoisotopic (exact) mass is 423 g/mol. The molecule has 9 heteroatoms. The van der Waals surface area contributed by atoms with Gasteiger partial charge in [0.25, 0.3) is 0 Å². The van der Waals surface area contributed by atoms with E-state index in [1.807, 2.05) is 6.07 Å². The van der Waals surface area contributed by atoms with Crippen LogP contribution in [0.3, 0.4) is 0 Å². The van der Waals surface area contributed by atoms with Gasteiger partial charge in [-0.25, -0.2) is 0 Å². The van der Waals surface area contributed by atoms with E-state index in [1.165, 1.54) is 6.07 Å². The van der Waals surface area contributed by atoms with Crippen molar-refractivity contribution in [1.82, 2.24) is 15.1 Å². The first-order valence-corrected chi connectivity index (χ1v) is 9.81. The van der Waals surface area contributed by atoms with Crippen molar-refractivity contribution in [3.8, 4) is 17.0 Å². The van der Waals surface area contributed by atoms with Crippen LogP contribution in [0, 0.1) is 12.8 Å². The van der Waals surface area contributed by atoms with Gasteiger partial charge in [0.2, 0.25) is 0 Å². The van der Waals surface area contributed by atoms with E-state index in [0.29, 0.717) is 36.2 Å². The Morgan fingerprint density at radius 3 is 2.67 bits per heavy atom. The molecule has 1 aromatic carbocycles. The van der Waals surface area contributed by atoms with Gasteiger partial charge in [0, 0.05) is 18.7 Å². The van der Waals surface area contributed by atoms with Gasteiger partial charge in [-0.1, -0.05) is 0 Å². The largest absolute Gasteiger partial charge is 0.507 e. The normalized spacial score (nSPS) is 17.8. The fraction of sp³-hybridized carbons (Fsp3) is 0.476. The minimum Gasteiger partial charge on any atom is -0.507 e. The van der Waals surface area contributed by atoms with Crippen LogP contribution in [0.25, 0.3) is 11.3 Å². The molecule has 0 radical (unpaired) electrons. The van der Waals surface area contributed by atoms with Crippen molar-refractivity contribution in [3.63, 3.8) is 0 Å². The summed E-state index contributed by atoms with van der Waals surface area (Å²) in [6.45, 7) is 4.00. The predicted octanol–water partition coefficient (Wildman–Crippen LogP) is 3.91. The molecule has 162 valence electrons. The van der Waals surface area contributed by atoms with E-state index in [9.17, 15) is 23.1 Å². The first-order valence-electron chi connectivity index (χ1n) is 9.81. The fourth-order valence-corrected chi connectivity index (χ4v) is 3.89. The van der Waals surface area contributed by atoms with Crippen molar-refractivity contribution in [2.75, 3.05) is 19.6 Å². The second-order valence-corrected chi connectivity index (χ2v) is 7.75. The molecule has 1 atom stereocenters. The molecule has 0 aliphatic carbocycles. The van der Waals surface area contributed by atoms with Crippen molar-refractivity contribution < 1.29 is 28.2 Å². The third-order valence-electron chi connectivity index (χ3n) is 5.36. The van der Waals surface area contributed by atoms with Crippen molar-refractivity contribution in [2.24, 2.45) is 5.92 Å². The molecule has 6 nitrogen and oxygen atoms in total. The number of halogens is 3. The minimum atomic E-state index is -4.53. The Morgan fingerprint density at radius 2 is 2.03 bits per heavy atom. The molecule has 1 aromatic heterocycles. The Bertz CT molecular complexity index is 918. The molecule has 1 fully saturated rings. The smallest absolute Gasteiger partial charge is 0.416 e. The highest BCUT2D eigenvalue weighted by Gasteiger charge is 2.31. The van der Waals surface area contributed by atoms with E-state index in [4.69, 9.17) is 5.11 Å². The number of hydrogen-bond acceptors (Lipinski definition) is 5. The van der Waals surface area contributed by atoms with Gasteiger partial charge >= 0.3 is 12.1 Å². The number of nitrogens with zero attached hydrogens (tertiary/aromatic N) is 3. The summed E-state index contributed by atoms with van der Waals surface area (Å²) in [7, 11) is 0. The second-order valence-electron chi connectivity index (χ2n) is 7.75. The van der Waals surface area contributed by atoms with E-state index in [1.54, 1.807) is 6.92 Å². The van der Waals surface area contributed by atoms with Crippen LogP contribution in [-0.4, -0.2) is 50.9 Å². The number of likely N-dealkylation sites (tertiary alicyclic amines) is 1. The van der Waals surface area contributed by atoms with Crippen molar-refractivity contribution in [2.45, 2.75) is 38.8 Å². The first-order chi connectivity index (χ1) is 14.1. The summed E-state index contributed by atoms with van der Waals surface area (Å²) in [4.78, 5) is 12.9. The maximum absolute atomic E-state index is 12.8. The maximum atomic E-state index is 12.8. The van der Waals surface area contributed by atoms with Crippen LogP contribution >= 0.6 is 0 Å². The molecule has 0 spiro atoms. The molecule has 2 aromatic rings. The van der Waals surface area contributed by atoms with Gasteiger partial charge in [-0.15, -0.1) is 5.10 Å². The van der Waals surface area contributed by atoms with E-state index in [0.717, 1.165) is 37.7 Å². The lowest BCUT2D eigenvalue weighted by Crippen LogP contribution is -2.37. The number of phenolic OH excluding ortho intramolecular Hbond substituents is 1. The van der Waals surface area contributed by atoms with Gasteiger partial charge in [0.1, 0.15) is 5.75 Å². The maximum Gasteiger partial charge on any atom is 0.416 e. The lowest BCUT2D eigenvalue weighted by molar-refractivity contribution is -0.138. The van der Waals surface area contributed by atoms with Crippen LogP contribution in [0.15, 0.2) is 24.3 Å². The van der Waals surface area contributed by atoms with Crippen LogP contribution in [0.2, 0.25) is 0 Å². The molecule has 3 rings (SSSR count). The van der Waals surface area contributed by atoms with E-state index in [2.05, 4.69) is 15.1 Å². The zero-order chi connectivity index (χ0) is 21.9. The molecule has 0 saturated carbocycles. The minimum absolute atomic E-state index is 0.122. The van der Waals surface area contributed by atoms with Gasteiger partial charge < -0.3 is 15.1 Å². The molecule has 1 aliphatic rings. The molecule has 0 unspecified atom stereocenters. The number of benzene rings is 1. The van der Waals surface area contributed by atoms with Gasteiger partial charge in [-0.3, -0.25) is 4.79 Å². The average Bonchev–Trinajstić information content (AvgIpc) is 2.66. The summed E-state index contributed by atoms with van der Waals surface area (Å²) >= 11 is 0. The number of carbonyl (C=O) groups is 1. The Balaban J connectivity index is 1.70. The average molecular weight is 423 g/mol. The Labute approximate surface area is 172 Å². The number of carboxylic acids is 1. The van der Waals surface area contributed by atoms with Crippen LogP contribution in [0.1, 0.15) is 36.1 Å². The van der Waals surface area contributed by atoms with E-state index < -0.39 is 23.5 Å².